The lowest BCUT2D eigenvalue weighted by Gasteiger charge is -2.13. The molecule has 0 fully saturated rings. The van der Waals surface area contributed by atoms with E-state index in [1.807, 2.05) is 48.5 Å². The molecule has 118 valence electrons. The van der Waals surface area contributed by atoms with Crippen LogP contribution in [-0.2, 0) is 6.54 Å². The van der Waals surface area contributed by atoms with Crippen LogP contribution < -0.4 is 5.32 Å². The van der Waals surface area contributed by atoms with Gasteiger partial charge in [0.1, 0.15) is 0 Å². The molecule has 23 heavy (non-hydrogen) atoms. The van der Waals surface area contributed by atoms with Crippen molar-refractivity contribution in [1.82, 2.24) is 10.3 Å². The molecule has 0 saturated carbocycles. The molecule has 0 bridgehead atoms. The zero-order chi connectivity index (χ0) is 16.2. The summed E-state index contributed by atoms with van der Waals surface area (Å²) >= 11 is 11.9. The molecule has 0 unspecified atom stereocenters. The normalized spacial score (nSPS) is 12.3. The molecule has 3 aromatic rings. The number of aromatic nitrogens is 1. The van der Waals surface area contributed by atoms with Crippen molar-refractivity contribution in [2.75, 3.05) is 0 Å². The highest BCUT2D eigenvalue weighted by atomic mass is 35.5. The second-order valence-corrected chi connectivity index (χ2v) is 6.16. The zero-order valence-corrected chi connectivity index (χ0v) is 14.1. The van der Waals surface area contributed by atoms with Crippen LogP contribution in [-0.4, -0.2) is 4.98 Å². The predicted molar refractivity (Wildman–Crippen MR) is 93.7 cm³/mol. The van der Waals surface area contributed by atoms with Gasteiger partial charge in [-0.3, -0.25) is 0 Å². The van der Waals surface area contributed by atoms with E-state index >= 15 is 0 Å². The van der Waals surface area contributed by atoms with Crippen LogP contribution in [0.5, 0.6) is 0 Å². The Morgan fingerprint density at radius 1 is 1.09 bits per heavy atom. The monoisotopic (exact) mass is 346 g/mol. The topological polar surface area (TPSA) is 38.1 Å². The summed E-state index contributed by atoms with van der Waals surface area (Å²) in [6.45, 7) is 2.62. The third-order valence-electron chi connectivity index (χ3n) is 3.59. The van der Waals surface area contributed by atoms with Crippen molar-refractivity contribution in [3.63, 3.8) is 0 Å². The molecule has 1 aromatic heterocycles. The first-order valence-corrected chi connectivity index (χ1v) is 8.07. The Morgan fingerprint density at radius 2 is 1.87 bits per heavy atom. The number of halogens is 2. The van der Waals surface area contributed by atoms with Gasteiger partial charge in [-0.2, -0.15) is 0 Å². The summed E-state index contributed by atoms with van der Waals surface area (Å²) in [4.78, 5) is 4.31. The molecule has 0 spiro atoms. The number of oxazole rings is 1. The van der Waals surface area contributed by atoms with Gasteiger partial charge in [-0.05, 0) is 48.9 Å². The van der Waals surface area contributed by atoms with Gasteiger partial charge in [-0.15, -0.1) is 0 Å². The Balaban J connectivity index is 1.64. The van der Waals surface area contributed by atoms with Crippen LogP contribution in [0.4, 0.5) is 0 Å². The fraction of sp³-hybridized carbons (Fsp3) is 0.167. The van der Waals surface area contributed by atoms with E-state index in [1.54, 1.807) is 6.20 Å². The highest BCUT2D eigenvalue weighted by molar-refractivity contribution is 6.30. The maximum atomic E-state index is 6.02. The number of benzene rings is 2. The SMILES string of the molecule is C[C@H](NCc1ncc(-c2ccc(Cl)cc2)o1)c1cccc(Cl)c1. The second-order valence-electron chi connectivity index (χ2n) is 5.28. The third-order valence-corrected chi connectivity index (χ3v) is 4.08. The summed E-state index contributed by atoms with van der Waals surface area (Å²) in [5.41, 5.74) is 2.08. The number of hydrogen-bond acceptors (Lipinski definition) is 3. The molecule has 1 heterocycles. The van der Waals surface area contributed by atoms with E-state index in [4.69, 9.17) is 27.6 Å². The maximum Gasteiger partial charge on any atom is 0.208 e. The van der Waals surface area contributed by atoms with Gasteiger partial charge in [-0.25, -0.2) is 4.98 Å². The van der Waals surface area contributed by atoms with Crippen molar-refractivity contribution in [3.05, 3.63) is 76.2 Å². The van der Waals surface area contributed by atoms with E-state index in [0.717, 1.165) is 21.9 Å². The minimum absolute atomic E-state index is 0.152. The third kappa shape index (κ3) is 4.14. The van der Waals surface area contributed by atoms with Gasteiger partial charge in [0.05, 0.1) is 12.7 Å². The number of hydrogen-bond donors (Lipinski definition) is 1. The summed E-state index contributed by atoms with van der Waals surface area (Å²) in [6, 6.07) is 15.4. The van der Waals surface area contributed by atoms with Crippen LogP contribution in [0.25, 0.3) is 11.3 Å². The summed E-state index contributed by atoms with van der Waals surface area (Å²) < 4.78 is 5.78. The maximum absolute atomic E-state index is 6.02. The molecule has 3 nitrogen and oxygen atoms in total. The van der Waals surface area contributed by atoms with Crippen molar-refractivity contribution in [2.45, 2.75) is 19.5 Å². The van der Waals surface area contributed by atoms with Crippen LogP contribution in [0.2, 0.25) is 10.0 Å². The molecule has 0 aliphatic heterocycles. The van der Waals surface area contributed by atoms with Gasteiger partial charge in [0, 0.05) is 21.7 Å². The minimum Gasteiger partial charge on any atom is -0.439 e. The van der Waals surface area contributed by atoms with Crippen molar-refractivity contribution < 1.29 is 4.42 Å². The van der Waals surface area contributed by atoms with Gasteiger partial charge < -0.3 is 9.73 Å². The molecule has 0 aliphatic rings. The van der Waals surface area contributed by atoms with E-state index in [9.17, 15) is 0 Å². The predicted octanol–water partition coefficient (Wildman–Crippen LogP) is 5.50. The fourth-order valence-electron chi connectivity index (χ4n) is 2.27. The largest absolute Gasteiger partial charge is 0.439 e. The Hall–Kier alpha value is -1.81. The number of nitrogens with one attached hydrogen (secondary N) is 1. The molecule has 0 saturated heterocycles. The lowest BCUT2D eigenvalue weighted by Crippen LogP contribution is -2.18. The van der Waals surface area contributed by atoms with Gasteiger partial charge in [-0.1, -0.05) is 35.3 Å². The van der Waals surface area contributed by atoms with Gasteiger partial charge in [0.15, 0.2) is 5.76 Å². The van der Waals surface area contributed by atoms with Crippen LogP contribution in [0.1, 0.15) is 24.4 Å². The molecule has 3 rings (SSSR count). The average molecular weight is 347 g/mol. The molecular formula is C18H16Cl2N2O. The number of rotatable bonds is 5. The van der Waals surface area contributed by atoms with Gasteiger partial charge >= 0.3 is 0 Å². The molecule has 0 aliphatic carbocycles. The summed E-state index contributed by atoms with van der Waals surface area (Å²) in [7, 11) is 0. The minimum atomic E-state index is 0.152. The quantitative estimate of drug-likeness (QED) is 0.662. The van der Waals surface area contributed by atoms with Crippen LogP contribution in [0.15, 0.2) is 59.1 Å². The molecule has 0 radical (unpaired) electrons. The first-order chi connectivity index (χ1) is 11.1. The summed E-state index contributed by atoms with van der Waals surface area (Å²) in [6.07, 6.45) is 1.73. The van der Waals surface area contributed by atoms with E-state index in [-0.39, 0.29) is 6.04 Å². The van der Waals surface area contributed by atoms with E-state index in [1.165, 1.54) is 0 Å². The average Bonchev–Trinajstić information content (AvgIpc) is 3.02. The highest BCUT2D eigenvalue weighted by Crippen LogP contribution is 2.23. The Kier molecular flexibility index (Phi) is 5.01. The number of nitrogens with zero attached hydrogens (tertiary/aromatic N) is 1. The van der Waals surface area contributed by atoms with Crippen LogP contribution in [0.3, 0.4) is 0 Å². The van der Waals surface area contributed by atoms with Crippen molar-refractivity contribution >= 4 is 23.2 Å². The molecular weight excluding hydrogens is 331 g/mol. The van der Waals surface area contributed by atoms with E-state index in [0.29, 0.717) is 17.5 Å². The molecule has 0 amide bonds. The Labute approximate surface area is 145 Å². The molecule has 1 atom stereocenters. The molecule has 5 heteroatoms. The summed E-state index contributed by atoms with van der Waals surface area (Å²) in [5, 5.41) is 4.81. The highest BCUT2D eigenvalue weighted by Gasteiger charge is 2.09. The fourth-order valence-corrected chi connectivity index (χ4v) is 2.60. The lowest BCUT2D eigenvalue weighted by atomic mass is 10.1. The first kappa shape index (κ1) is 16.1. The zero-order valence-electron chi connectivity index (χ0n) is 12.6. The van der Waals surface area contributed by atoms with Crippen molar-refractivity contribution in [1.29, 1.82) is 0 Å². The van der Waals surface area contributed by atoms with E-state index < -0.39 is 0 Å². The molecule has 1 N–H and O–H groups in total. The smallest absolute Gasteiger partial charge is 0.208 e. The van der Waals surface area contributed by atoms with Crippen LogP contribution in [0, 0.1) is 0 Å². The van der Waals surface area contributed by atoms with Crippen molar-refractivity contribution in [3.8, 4) is 11.3 Å². The lowest BCUT2D eigenvalue weighted by molar-refractivity contribution is 0.454. The molecule has 2 aromatic carbocycles. The van der Waals surface area contributed by atoms with Gasteiger partial charge in [0.2, 0.25) is 5.89 Å². The van der Waals surface area contributed by atoms with Gasteiger partial charge in [0.25, 0.3) is 0 Å². The summed E-state index contributed by atoms with van der Waals surface area (Å²) in [5.74, 6) is 1.37. The van der Waals surface area contributed by atoms with Crippen LogP contribution >= 0.6 is 23.2 Å². The first-order valence-electron chi connectivity index (χ1n) is 7.31. The van der Waals surface area contributed by atoms with E-state index in [2.05, 4.69) is 17.2 Å². The standard InChI is InChI=1S/C18H16Cl2N2O/c1-12(14-3-2-4-16(20)9-14)21-11-18-22-10-17(23-18)13-5-7-15(19)8-6-13/h2-10,12,21H,11H2,1H3/t12-/m0/s1. The van der Waals surface area contributed by atoms with Crippen molar-refractivity contribution in [2.24, 2.45) is 0 Å². The Bertz CT molecular complexity index is 784. The Morgan fingerprint density at radius 3 is 2.61 bits per heavy atom. The second kappa shape index (κ2) is 7.18.